The van der Waals surface area contributed by atoms with Gasteiger partial charge in [-0.25, -0.2) is 0 Å². The second-order valence-corrected chi connectivity index (χ2v) is 12.9. The van der Waals surface area contributed by atoms with Crippen LogP contribution in [0.15, 0.2) is 0 Å². The minimum absolute atomic E-state index is 0. The SMILES string of the molecule is CC[N+](C)(CC)CCOCC[N+]1(C)CCCCC1.CC[N+](C)(CC)CCOCC[N+]1(C)CCCCC1.[I-].[I-]. The molecule has 0 aromatic carbocycles. The minimum Gasteiger partial charge on any atom is -1.00 e. The summed E-state index contributed by atoms with van der Waals surface area (Å²) in [5.41, 5.74) is 0. The summed E-state index contributed by atoms with van der Waals surface area (Å²) in [6, 6.07) is 0. The van der Waals surface area contributed by atoms with Crippen molar-refractivity contribution in [3.05, 3.63) is 0 Å². The maximum absolute atomic E-state index is 5.87. The zero-order valence-electron chi connectivity index (χ0n) is 26.9. The lowest BCUT2D eigenvalue weighted by Crippen LogP contribution is -3.00. The second-order valence-electron chi connectivity index (χ2n) is 12.9. The molecule has 232 valence electrons. The lowest BCUT2D eigenvalue weighted by Gasteiger charge is -2.37. The Morgan fingerprint density at radius 3 is 1.05 bits per heavy atom. The molecule has 2 aliphatic rings. The van der Waals surface area contributed by atoms with E-state index in [4.69, 9.17) is 9.47 Å². The van der Waals surface area contributed by atoms with Crippen LogP contribution >= 0.6 is 0 Å². The Hall–Kier alpha value is 1.22. The quantitative estimate of drug-likeness (QED) is 0.106. The van der Waals surface area contributed by atoms with Crippen molar-refractivity contribution < 1.29 is 75.4 Å². The van der Waals surface area contributed by atoms with Crippen molar-refractivity contribution in [2.24, 2.45) is 0 Å². The Bertz CT molecular complexity index is 500. The largest absolute Gasteiger partial charge is 1.00 e. The molecule has 2 aliphatic heterocycles. The molecule has 6 nitrogen and oxygen atoms in total. The van der Waals surface area contributed by atoms with E-state index in [-0.39, 0.29) is 48.0 Å². The lowest BCUT2D eigenvalue weighted by atomic mass is 10.1. The summed E-state index contributed by atoms with van der Waals surface area (Å²) < 4.78 is 16.5. The third-order valence-corrected chi connectivity index (χ3v) is 9.95. The zero-order chi connectivity index (χ0) is 27.0. The van der Waals surface area contributed by atoms with E-state index in [2.05, 4.69) is 55.9 Å². The third-order valence-electron chi connectivity index (χ3n) is 9.95. The van der Waals surface area contributed by atoms with Crippen molar-refractivity contribution in [1.29, 1.82) is 0 Å². The van der Waals surface area contributed by atoms with Crippen molar-refractivity contribution in [3.63, 3.8) is 0 Å². The van der Waals surface area contributed by atoms with Crippen LogP contribution in [0.3, 0.4) is 0 Å². The molecule has 0 saturated carbocycles. The average Bonchev–Trinajstić information content (AvgIpc) is 2.89. The highest BCUT2D eigenvalue weighted by molar-refractivity contribution is 4.52. The monoisotopic (exact) mass is 770 g/mol. The highest BCUT2D eigenvalue weighted by Crippen LogP contribution is 2.16. The number of likely N-dealkylation sites (tertiary alicyclic amines) is 2. The summed E-state index contributed by atoms with van der Waals surface area (Å²) in [6.07, 6.45) is 8.46. The molecule has 38 heavy (non-hydrogen) atoms. The number of likely N-dealkylation sites (N-methyl/N-ethyl adjacent to an activating group) is 4. The van der Waals surface area contributed by atoms with Crippen LogP contribution < -0.4 is 48.0 Å². The predicted octanol–water partition coefficient (Wildman–Crippen LogP) is -1.75. The normalized spacial score (nSPS) is 18.9. The van der Waals surface area contributed by atoms with E-state index in [1.165, 1.54) is 113 Å². The van der Waals surface area contributed by atoms with Crippen LogP contribution in [0.5, 0.6) is 0 Å². The predicted molar refractivity (Wildman–Crippen MR) is 155 cm³/mol. The highest BCUT2D eigenvalue weighted by atomic mass is 127. The molecule has 2 fully saturated rings. The fourth-order valence-corrected chi connectivity index (χ4v) is 5.42. The number of rotatable bonds is 16. The van der Waals surface area contributed by atoms with Crippen LogP contribution in [-0.4, -0.2) is 151 Å². The van der Waals surface area contributed by atoms with E-state index < -0.39 is 0 Å². The van der Waals surface area contributed by atoms with Crippen LogP contribution in [0.25, 0.3) is 0 Å². The molecule has 0 aliphatic carbocycles. The number of halogens is 2. The number of nitrogens with zero attached hydrogens (tertiary/aromatic N) is 4. The zero-order valence-corrected chi connectivity index (χ0v) is 31.2. The molecule has 0 aromatic rings. The molecule has 0 amide bonds. The summed E-state index contributed by atoms with van der Waals surface area (Å²) in [5, 5.41) is 0. The first-order chi connectivity index (χ1) is 17.1. The van der Waals surface area contributed by atoms with Crippen molar-refractivity contribution >= 4 is 0 Å². The maximum Gasteiger partial charge on any atom is 0.102 e. The molecule has 0 bridgehead atoms. The van der Waals surface area contributed by atoms with Gasteiger partial charge in [-0.1, -0.05) is 0 Å². The van der Waals surface area contributed by atoms with Gasteiger partial charge in [-0.3, -0.25) is 0 Å². The Morgan fingerprint density at radius 2 is 0.789 bits per heavy atom. The van der Waals surface area contributed by atoms with Crippen molar-refractivity contribution in [2.75, 3.05) is 133 Å². The molecular formula is C30H68I2N4O2+2. The number of quaternary nitrogens is 4. The fourth-order valence-electron chi connectivity index (χ4n) is 5.42. The molecular weight excluding hydrogens is 702 g/mol. The third kappa shape index (κ3) is 17.2. The second kappa shape index (κ2) is 21.9. The van der Waals surface area contributed by atoms with Crippen LogP contribution in [0.1, 0.15) is 66.2 Å². The molecule has 2 saturated heterocycles. The van der Waals surface area contributed by atoms with Gasteiger partial charge in [-0.15, -0.1) is 0 Å². The molecule has 0 N–H and O–H groups in total. The van der Waals surface area contributed by atoms with E-state index in [1.54, 1.807) is 0 Å². The maximum atomic E-state index is 5.87. The summed E-state index contributed by atoms with van der Waals surface area (Å²) >= 11 is 0. The van der Waals surface area contributed by atoms with Crippen LogP contribution in [-0.2, 0) is 9.47 Å². The molecule has 0 spiro atoms. The van der Waals surface area contributed by atoms with Crippen molar-refractivity contribution in [3.8, 4) is 0 Å². The van der Waals surface area contributed by atoms with E-state index in [0.29, 0.717) is 0 Å². The van der Waals surface area contributed by atoms with Gasteiger partial charge in [-0.05, 0) is 66.2 Å². The van der Waals surface area contributed by atoms with Gasteiger partial charge in [0.1, 0.15) is 26.2 Å². The Morgan fingerprint density at radius 1 is 0.500 bits per heavy atom. The van der Waals surface area contributed by atoms with Gasteiger partial charge < -0.3 is 75.4 Å². The Kier molecular flexibility index (Phi) is 23.8. The molecule has 0 radical (unpaired) electrons. The molecule has 2 heterocycles. The van der Waals surface area contributed by atoms with E-state index >= 15 is 0 Å². The average molecular weight is 771 g/mol. The first kappa shape index (κ1) is 41.4. The van der Waals surface area contributed by atoms with Gasteiger partial charge in [0.15, 0.2) is 0 Å². The van der Waals surface area contributed by atoms with E-state index in [0.717, 1.165) is 48.5 Å². The van der Waals surface area contributed by atoms with Gasteiger partial charge in [0, 0.05) is 0 Å². The van der Waals surface area contributed by atoms with Crippen LogP contribution in [0, 0.1) is 0 Å². The summed E-state index contributed by atoms with van der Waals surface area (Å²) in [5.74, 6) is 0. The van der Waals surface area contributed by atoms with Gasteiger partial charge >= 0.3 is 0 Å². The van der Waals surface area contributed by atoms with Crippen molar-refractivity contribution in [1.82, 2.24) is 0 Å². The number of hydrogen-bond acceptors (Lipinski definition) is 2. The number of ether oxygens (including phenoxy) is 2. The molecule has 2 rings (SSSR count). The summed E-state index contributed by atoms with van der Waals surface area (Å²) in [6.45, 7) is 27.7. The fraction of sp³-hybridized carbons (Fsp3) is 1.00. The Balaban J connectivity index is 0. The molecule has 0 atom stereocenters. The summed E-state index contributed by atoms with van der Waals surface area (Å²) in [4.78, 5) is 0. The topological polar surface area (TPSA) is 18.5 Å². The first-order valence-electron chi connectivity index (χ1n) is 15.6. The molecule has 0 aromatic heterocycles. The van der Waals surface area contributed by atoms with Crippen molar-refractivity contribution in [2.45, 2.75) is 66.2 Å². The van der Waals surface area contributed by atoms with E-state index in [9.17, 15) is 0 Å². The minimum atomic E-state index is 0. The van der Waals surface area contributed by atoms with E-state index in [1.807, 2.05) is 0 Å². The summed E-state index contributed by atoms with van der Waals surface area (Å²) in [7, 11) is 9.42. The smallest absolute Gasteiger partial charge is 0.102 e. The highest BCUT2D eigenvalue weighted by Gasteiger charge is 2.25. The van der Waals surface area contributed by atoms with Gasteiger partial charge in [0.25, 0.3) is 0 Å². The first-order valence-corrected chi connectivity index (χ1v) is 15.6. The van der Waals surface area contributed by atoms with Crippen LogP contribution in [0.4, 0.5) is 0 Å². The van der Waals surface area contributed by atoms with Crippen LogP contribution in [0.2, 0.25) is 0 Å². The molecule has 8 heteroatoms. The number of piperidine rings is 2. The van der Waals surface area contributed by atoms with Gasteiger partial charge in [0.05, 0.1) is 107 Å². The van der Waals surface area contributed by atoms with Gasteiger partial charge in [0.2, 0.25) is 0 Å². The standard InChI is InChI=1S/2C15H34N2O.2HI/c2*1-5-16(3,6-2)12-14-18-15-13-17(4)10-8-7-9-11-17;;/h2*5-15H2,1-4H3;2*1H/q2*+2;;/p-2. The number of hydrogen-bond donors (Lipinski definition) is 0. The van der Waals surface area contributed by atoms with Gasteiger partial charge in [-0.2, -0.15) is 0 Å². The molecule has 0 unspecified atom stereocenters. The lowest BCUT2D eigenvalue weighted by molar-refractivity contribution is -0.915. The Labute approximate surface area is 273 Å².